The molecule has 1 heterocycles. The molecule has 1 aliphatic heterocycles. The van der Waals surface area contributed by atoms with Gasteiger partial charge in [0.1, 0.15) is 28.2 Å². The van der Waals surface area contributed by atoms with Crippen LogP contribution >= 0.6 is 0 Å². The van der Waals surface area contributed by atoms with Crippen LogP contribution in [0.1, 0.15) is 48.2 Å². The van der Waals surface area contributed by atoms with Gasteiger partial charge < -0.3 is 19.9 Å². The number of hydrogen-bond donors (Lipinski definition) is 2. The van der Waals surface area contributed by atoms with Crippen molar-refractivity contribution in [2.45, 2.75) is 58.3 Å². The Morgan fingerprint density at radius 1 is 1.02 bits per heavy atom. The van der Waals surface area contributed by atoms with E-state index in [9.17, 15) is 23.1 Å². The lowest BCUT2D eigenvalue weighted by Gasteiger charge is -2.25. The third-order valence-electron chi connectivity index (χ3n) is 7.54. The molecular weight excluding hydrogens is 580 g/mol. The van der Waals surface area contributed by atoms with Crippen LogP contribution in [-0.2, 0) is 25.9 Å². The fraction of sp³-hybridized carbons (Fsp3) is 0.412. The number of nitrogens with zero attached hydrogens (tertiary/aromatic N) is 1. The van der Waals surface area contributed by atoms with Crippen molar-refractivity contribution in [3.05, 3.63) is 89.5 Å². The van der Waals surface area contributed by atoms with E-state index in [0.717, 1.165) is 41.7 Å². The predicted molar refractivity (Wildman–Crippen MR) is 173 cm³/mol. The first kappa shape index (κ1) is 34.8. The second kappa shape index (κ2) is 16.4. The number of nitrogens with one attached hydrogen (secondary N) is 1. The molecule has 0 bridgehead atoms. The summed E-state index contributed by atoms with van der Waals surface area (Å²) in [5.41, 5.74) is 3.80. The highest BCUT2D eigenvalue weighted by atomic mass is 32.2. The monoisotopic (exact) mass is 624 g/mol. The van der Waals surface area contributed by atoms with E-state index in [-0.39, 0.29) is 24.3 Å². The molecule has 1 aliphatic rings. The molecular formula is C34H44N2O7S. The van der Waals surface area contributed by atoms with Crippen molar-refractivity contribution < 1.29 is 32.6 Å². The number of aliphatic carboxylic acids is 1. The molecule has 3 atom stereocenters. The quantitative estimate of drug-likeness (QED) is 0.273. The van der Waals surface area contributed by atoms with Gasteiger partial charge in [-0.15, -0.1) is 0 Å². The van der Waals surface area contributed by atoms with Crippen LogP contribution in [0.25, 0.3) is 11.1 Å². The third kappa shape index (κ3) is 9.90. The van der Waals surface area contributed by atoms with Crippen molar-refractivity contribution in [1.82, 2.24) is 10.2 Å². The van der Waals surface area contributed by atoms with Crippen molar-refractivity contribution in [3.8, 4) is 16.9 Å². The lowest BCUT2D eigenvalue weighted by molar-refractivity contribution is -0.139. The van der Waals surface area contributed by atoms with E-state index in [1.807, 2.05) is 87.5 Å². The van der Waals surface area contributed by atoms with Crippen LogP contribution in [0.15, 0.2) is 72.8 Å². The number of hydrogen-bond acceptors (Lipinski definition) is 7. The molecule has 1 saturated heterocycles. The fourth-order valence-corrected chi connectivity index (χ4v) is 5.89. The van der Waals surface area contributed by atoms with Crippen LogP contribution in [0.5, 0.6) is 5.75 Å². The Morgan fingerprint density at radius 2 is 1.70 bits per heavy atom. The highest BCUT2D eigenvalue weighted by Gasteiger charge is 2.33. The maximum Gasteiger partial charge on any atom is 0.326 e. The molecule has 2 N–H and O–H groups in total. The Morgan fingerprint density at radius 3 is 2.34 bits per heavy atom. The zero-order chi connectivity index (χ0) is 32.3. The predicted octanol–water partition coefficient (Wildman–Crippen LogP) is 4.97. The third-order valence-corrected chi connectivity index (χ3v) is 8.52. The van der Waals surface area contributed by atoms with E-state index in [1.54, 1.807) is 13.2 Å². The number of benzene rings is 3. The maximum absolute atomic E-state index is 13.4. The molecule has 0 aromatic heterocycles. The molecule has 4 rings (SSSR count). The van der Waals surface area contributed by atoms with Crippen LogP contribution in [0.3, 0.4) is 0 Å². The van der Waals surface area contributed by atoms with Gasteiger partial charge in [0.2, 0.25) is 0 Å². The standard InChI is InChI=1S/C32H38N2O7S.C2H6/c1-22-9-7-8-12-27(22)29-17-23(13-14-28(29)31(35)33-30(32(36)37)15-16-42(3,38)39)19-34-20-26(40-2)18-24(34)21-41-25-10-5-4-6-11-25;1-2/h4-14,17,24,26,30H,15-16,18-21H2,1-3H3,(H,33,35)(H,36,37);1-2H3. The van der Waals surface area contributed by atoms with Gasteiger partial charge in [-0.25, -0.2) is 13.2 Å². The molecule has 238 valence electrons. The first-order valence-corrected chi connectivity index (χ1v) is 16.9. The number of methoxy groups -OCH3 is 1. The fourth-order valence-electron chi connectivity index (χ4n) is 5.23. The number of para-hydroxylation sites is 1. The average molecular weight is 625 g/mol. The summed E-state index contributed by atoms with van der Waals surface area (Å²) in [5.74, 6) is -1.39. The number of sulfone groups is 1. The molecule has 1 fully saturated rings. The highest BCUT2D eigenvalue weighted by molar-refractivity contribution is 7.90. The van der Waals surface area contributed by atoms with Gasteiger partial charge in [-0.1, -0.05) is 62.4 Å². The lowest BCUT2D eigenvalue weighted by atomic mass is 9.93. The van der Waals surface area contributed by atoms with Gasteiger partial charge in [0.05, 0.1) is 11.9 Å². The Bertz CT molecular complexity index is 1490. The van der Waals surface area contributed by atoms with Crippen molar-refractivity contribution in [2.24, 2.45) is 0 Å². The number of carbonyl (C=O) groups is 2. The van der Waals surface area contributed by atoms with Gasteiger partial charge in [0.15, 0.2) is 0 Å². The number of rotatable bonds is 13. The first-order chi connectivity index (χ1) is 21.0. The minimum Gasteiger partial charge on any atom is -0.492 e. The molecule has 44 heavy (non-hydrogen) atoms. The van der Waals surface area contributed by atoms with Gasteiger partial charge in [-0.3, -0.25) is 9.69 Å². The Kier molecular flexibility index (Phi) is 12.9. The number of ether oxygens (including phenoxy) is 2. The molecule has 9 nitrogen and oxygen atoms in total. The summed E-state index contributed by atoms with van der Waals surface area (Å²) in [6.07, 6.45) is 1.73. The largest absolute Gasteiger partial charge is 0.492 e. The van der Waals surface area contributed by atoms with E-state index in [1.165, 1.54) is 0 Å². The zero-order valence-corrected chi connectivity index (χ0v) is 27.0. The summed E-state index contributed by atoms with van der Waals surface area (Å²) in [5, 5.41) is 12.2. The van der Waals surface area contributed by atoms with Crippen LogP contribution in [-0.4, -0.2) is 80.8 Å². The number of aryl methyl sites for hydroxylation is 1. The van der Waals surface area contributed by atoms with Crippen molar-refractivity contribution >= 4 is 21.7 Å². The topological polar surface area (TPSA) is 122 Å². The van der Waals surface area contributed by atoms with Gasteiger partial charge in [-0.2, -0.15) is 0 Å². The van der Waals surface area contributed by atoms with Crippen molar-refractivity contribution in [2.75, 3.05) is 32.3 Å². The second-order valence-electron chi connectivity index (χ2n) is 10.8. The van der Waals surface area contributed by atoms with Crippen molar-refractivity contribution in [1.29, 1.82) is 0 Å². The SMILES string of the molecule is CC.COC1CC(COc2ccccc2)N(Cc2ccc(C(=O)NC(CCS(C)(=O)=O)C(=O)O)c(-c3ccccc3C)c2)C1. The smallest absolute Gasteiger partial charge is 0.326 e. The number of carboxylic acids is 1. The van der Waals surface area contributed by atoms with E-state index in [2.05, 4.69) is 10.2 Å². The molecule has 0 saturated carbocycles. The molecule has 1 amide bonds. The molecule has 3 aromatic carbocycles. The van der Waals surface area contributed by atoms with E-state index in [0.29, 0.717) is 24.3 Å². The minimum absolute atomic E-state index is 0.0788. The molecule has 10 heteroatoms. The van der Waals surface area contributed by atoms with E-state index in [4.69, 9.17) is 9.47 Å². The Balaban J connectivity index is 0.00000259. The zero-order valence-electron chi connectivity index (χ0n) is 26.2. The normalized spacial score (nSPS) is 17.3. The summed E-state index contributed by atoms with van der Waals surface area (Å²) in [4.78, 5) is 27.6. The van der Waals surface area contributed by atoms with Crippen LogP contribution < -0.4 is 10.1 Å². The van der Waals surface area contributed by atoms with Gasteiger partial charge in [0, 0.05) is 38.1 Å². The van der Waals surface area contributed by atoms with Gasteiger partial charge in [0.25, 0.3) is 5.91 Å². The van der Waals surface area contributed by atoms with Crippen molar-refractivity contribution in [3.63, 3.8) is 0 Å². The lowest BCUT2D eigenvalue weighted by Crippen LogP contribution is -2.42. The molecule has 0 aliphatic carbocycles. The molecule has 0 spiro atoms. The van der Waals surface area contributed by atoms with Gasteiger partial charge in [-0.05, 0) is 66.3 Å². The summed E-state index contributed by atoms with van der Waals surface area (Å²) < 4.78 is 35.0. The second-order valence-corrected chi connectivity index (χ2v) is 13.0. The van der Waals surface area contributed by atoms with Crippen LogP contribution in [0, 0.1) is 6.92 Å². The maximum atomic E-state index is 13.4. The number of amides is 1. The molecule has 3 unspecified atom stereocenters. The number of likely N-dealkylation sites (tertiary alicyclic amines) is 1. The summed E-state index contributed by atoms with van der Waals surface area (Å²) in [6, 6.07) is 21.7. The Labute approximate surface area is 261 Å². The van der Waals surface area contributed by atoms with E-state index < -0.39 is 27.8 Å². The molecule has 3 aromatic rings. The Hall–Kier alpha value is -3.73. The van der Waals surface area contributed by atoms with E-state index >= 15 is 0 Å². The van der Waals surface area contributed by atoms with Crippen LogP contribution in [0.2, 0.25) is 0 Å². The van der Waals surface area contributed by atoms with Crippen LogP contribution in [0.4, 0.5) is 0 Å². The molecule has 0 radical (unpaired) electrons. The number of carboxylic acid groups (broad SMARTS) is 1. The summed E-state index contributed by atoms with van der Waals surface area (Å²) >= 11 is 0. The summed E-state index contributed by atoms with van der Waals surface area (Å²) in [7, 11) is -1.68. The summed E-state index contributed by atoms with van der Waals surface area (Å²) in [6.45, 7) is 7.81. The average Bonchev–Trinajstić information content (AvgIpc) is 3.40. The highest BCUT2D eigenvalue weighted by Crippen LogP contribution is 2.30. The minimum atomic E-state index is -3.39. The first-order valence-electron chi connectivity index (χ1n) is 14.9. The van der Waals surface area contributed by atoms with Gasteiger partial charge >= 0.3 is 5.97 Å². The number of carbonyl (C=O) groups excluding carboxylic acids is 1.